The summed E-state index contributed by atoms with van der Waals surface area (Å²) in [6.45, 7) is 8.33. The molecule has 2 saturated carbocycles. The van der Waals surface area contributed by atoms with Gasteiger partial charge in [0.1, 0.15) is 0 Å². The maximum Gasteiger partial charge on any atom is 0.0206 e. The van der Waals surface area contributed by atoms with E-state index in [2.05, 4.69) is 37.8 Å². The molecule has 0 heterocycles. The van der Waals surface area contributed by atoms with Crippen LogP contribution in [0.5, 0.6) is 0 Å². The van der Waals surface area contributed by atoms with Gasteiger partial charge >= 0.3 is 0 Å². The van der Waals surface area contributed by atoms with Crippen LogP contribution in [0.4, 0.5) is 0 Å². The van der Waals surface area contributed by atoms with Crippen LogP contribution in [0.3, 0.4) is 0 Å². The molecule has 2 aliphatic rings. The minimum atomic E-state index is 0.792. The normalized spacial score (nSPS) is 33.2. The zero-order valence-corrected chi connectivity index (χ0v) is 14.0. The fraction of sp³-hybridized carbons (Fsp3) is 1.00. The third-order valence-corrected chi connectivity index (χ3v) is 6.83. The Bertz CT molecular complexity index is 246. The molecule has 0 saturated heterocycles. The van der Waals surface area contributed by atoms with E-state index in [4.69, 9.17) is 0 Å². The van der Waals surface area contributed by atoms with Crippen LogP contribution in [0.15, 0.2) is 0 Å². The summed E-state index contributed by atoms with van der Waals surface area (Å²) in [4.78, 5) is 0. The molecule has 0 spiro atoms. The Balaban J connectivity index is 1.89. The summed E-state index contributed by atoms with van der Waals surface area (Å²) in [5.74, 6) is 1.84. The van der Waals surface area contributed by atoms with E-state index in [0.29, 0.717) is 0 Å². The lowest BCUT2D eigenvalue weighted by Crippen LogP contribution is -2.44. The van der Waals surface area contributed by atoms with Crippen molar-refractivity contribution in [3.63, 3.8) is 0 Å². The molecule has 2 rings (SSSR count). The first-order chi connectivity index (χ1) is 9.20. The molecule has 0 amide bonds. The van der Waals surface area contributed by atoms with Crippen molar-refractivity contribution in [2.45, 2.75) is 88.7 Å². The van der Waals surface area contributed by atoms with Crippen molar-refractivity contribution in [1.82, 2.24) is 5.32 Å². The van der Waals surface area contributed by atoms with Crippen LogP contribution >= 0.6 is 11.8 Å². The quantitative estimate of drug-likeness (QED) is 0.747. The number of hydrogen-bond donors (Lipinski definition) is 1. The van der Waals surface area contributed by atoms with Crippen LogP contribution in [0.25, 0.3) is 0 Å². The average molecular weight is 284 g/mol. The number of hydrogen-bond acceptors (Lipinski definition) is 2. The predicted molar refractivity (Wildman–Crippen MR) is 87.9 cm³/mol. The Morgan fingerprint density at radius 2 is 1.84 bits per heavy atom. The molecule has 3 unspecified atom stereocenters. The van der Waals surface area contributed by atoms with Gasteiger partial charge in [0, 0.05) is 16.5 Å². The summed E-state index contributed by atoms with van der Waals surface area (Å²) in [5, 5.41) is 5.69. The molecule has 0 aromatic rings. The third-order valence-electron chi connectivity index (χ3n) is 5.10. The molecule has 1 N–H and O–H groups in total. The predicted octanol–water partition coefficient (Wildman–Crippen LogP) is 4.86. The second-order valence-electron chi connectivity index (χ2n) is 6.96. The number of thioether (sulfide) groups is 1. The van der Waals surface area contributed by atoms with Crippen molar-refractivity contribution < 1.29 is 0 Å². The SMILES string of the molecule is CCCNC1CCC(C(C)C)CC1SC1CCCC1. The highest BCUT2D eigenvalue weighted by Crippen LogP contribution is 2.41. The zero-order chi connectivity index (χ0) is 13.7. The summed E-state index contributed by atoms with van der Waals surface area (Å²) >= 11 is 2.35. The molecule has 2 fully saturated rings. The second kappa shape index (κ2) is 7.93. The van der Waals surface area contributed by atoms with Crippen LogP contribution in [0.1, 0.15) is 72.1 Å². The van der Waals surface area contributed by atoms with Crippen molar-refractivity contribution in [3.05, 3.63) is 0 Å². The lowest BCUT2D eigenvalue weighted by atomic mass is 9.79. The summed E-state index contributed by atoms with van der Waals surface area (Å²) in [6, 6.07) is 0.792. The van der Waals surface area contributed by atoms with E-state index >= 15 is 0 Å². The van der Waals surface area contributed by atoms with Crippen LogP contribution in [-0.2, 0) is 0 Å². The zero-order valence-electron chi connectivity index (χ0n) is 13.2. The average Bonchev–Trinajstić information content (AvgIpc) is 2.90. The van der Waals surface area contributed by atoms with Crippen molar-refractivity contribution >= 4 is 11.8 Å². The first-order valence-corrected chi connectivity index (χ1v) is 9.53. The van der Waals surface area contributed by atoms with E-state index in [1.807, 2.05) is 0 Å². The monoisotopic (exact) mass is 283 g/mol. The Morgan fingerprint density at radius 3 is 2.47 bits per heavy atom. The summed E-state index contributed by atoms with van der Waals surface area (Å²) in [7, 11) is 0. The van der Waals surface area contributed by atoms with Crippen LogP contribution in [0, 0.1) is 11.8 Å². The topological polar surface area (TPSA) is 12.0 Å². The highest BCUT2D eigenvalue weighted by atomic mass is 32.2. The van der Waals surface area contributed by atoms with Gasteiger partial charge in [-0.05, 0) is 56.9 Å². The van der Waals surface area contributed by atoms with Crippen molar-refractivity contribution in [1.29, 1.82) is 0 Å². The minimum absolute atomic E-state index is 0.792. The standard InChI is InChI=1S/C17H33NS/c1-4-11-18-16-10-9-14(13(2)3)12-17(16)19-15-7-5-6-8-15/h13-18H,4-12H2,1-3H3. The molecular formula is C17H33NS. The molecule has 19 heavy (non-hydrogen) atoms. The summed E-state index contributed by atoms with van der Waals surface area (Å²) in [6.07, 6.45) is 11.5. The van der Waals surface area contributed by atoms with Gasteiger partial charge < -0.3 is 5.32 Å². The Morgan fingerprint density at radius 1 is 1.11 bits per heavy atom. The molecule has 1 nitrogen and oxygen atoms in total. The summed E-state index contributed by atoms with van der Waals surface area (Å²) < 4.78 is 0. The number of rotatable bonds is 6. The van der Waals surface area contributed by atoms with E-state index < -0.39 is 0 Å². The van der Waals surface area contributed by atoms with E-state index in [1.165, 1.54) is 57.9 Å². The largest absolute Gasteiger partial charge is 0.313 e. The first kappa shape index (κ1) is 15.7. The maximum absolute atomic E-state index is 3.83. The fourth-order valence-electron chi connectivity index (χ4n) is 3.75. The van der Waals surface area contributed by atoms with E-state index in [-0.39, 0.29) is 0 Å². The molecule has 3 atom stereocenters. The van der Waals surface area contributed by atoms with Gasteiger partial charge in [-0.25, -0.2) is 0 Å². The maximum atomic E-state index is 3.83. The molecular weight excluding hydrogens is 250 g/mol. The summed E-state index contributed by atoms with van der Waals surface area (Å²) in [5.41, 5.74) is 0. The Labute approximate surface area is 124 Å². The van der Waals surface area contributed by atoms with Crippen LogP contribution in [-0.4, -0.2) is 23.1 Å². The third kappa shape index (κ3) is 4.67. The molecule has 0 bridgehead atoms. The lowest BCUT2D eigenvalue weighted by Gasteiger charge is -2.39. The minimum Gasteiger partial charge on any atom is -0.313 e. The fourth-order valence-corrected chi connectivity index (χ4v) is 5.63. The van der Waals surface area contributed by atoms with Crippen molar-refractivity contribution in [2.75, 3.05) is 6.54 Å². The van der Waals surface area contributed by atoms with Gasteiger partial charge in [-0.1, -0.05) is 33.6 Å². The molecule has 2 heteroatoms. The van der Waals surface area contributed by atoms with E-state index in [9.17, 15) is 0 Å². The van der Waals surface area contributed by atoms with E-state index in [0.717, 1.165) is 28.4 Å². The van der Waals surface area contributed by atoms with Crippen molar-refractivity contribution in [2.24, 2.45) is 11.8 Å². The lowest BCUT2D eigenvalue weighted by molar-refractivity contribution is 0.246. The molecule has 0 aromatic heterocycles. The van der Waals surface area contributed by atoms with Crippen molar-refractivity contribution in [3.8, 4) is 0 Å². The second-order valence-corrected chi connectivity index (χ2v) is 8.50. The Hall–Kier alpha value is 0.310. The molecule has 0 aliphatic heterocycles. The first-order valence-electron chi connectivity index (χ1n) is 8.59. The van der Waals surface area contributed by atoms with E-state index in [1.54, 1.807) is 0 Å². The molecule has 112 valence electrons. The van der Waals surface area contributed by atoms with Gasteiger partial charge in [-0.3, -0.25) is 0 Å². The van der Waals surface area contributed by atoms with Gasteiger partial charge in [0.05, 0.1) is 0 Å². The highest BCUT2D eigenvalue weighted by molar-refractivity contribution is 8.00. The van der Waals surface area contributed by atoms with Gasteiger partial charge in [0.2, 0.25) is 0 Å². The Kier molecular flexibility index (Phi) is 6.55. The van der Waals surface area contributed by atoms with Gasteiger partial charge in [-0.2, -0.15) is 11.8 Å². The number of nitrogens with one attached hydrogen (secondary N) is 1. The molecule has 0 radical (unpaired) electrons. The van der Waals surface area contributed by atoms with Crippen LogP contribution in [0.2, 0.25) is 0 Å². The van der Waals surface area contributed by atoms with Gasteiger partial charge in [0.25, 0.3) is 0 Å². The molecule has 0 aromatic carbocycles. The smallest absolute Gasteiger partial charge is 0.0206 e. The van der Waals surface area contributed by atoms with Crippen LogP contribution < -0.4 is 5.32 Å². The molecule has 2 aliphatic carbocycles. The van der Waals surface area contributed by atoms with Gasteiger partial charge in [-0.15, -0.1) is 0 Å². The highest BCUT2D eigenvalue weighted by Gasteiger charge is 2.33. The van der Waals surface area contributed by atoms with Gasteiger partial charge in [0.15, 0.2) is 0 Å².